The van der Waals surface area contributed by atoms with Gasteiger partial charge in [0.1, 0.15) is 10.8 Å². The van der Waals surface area contributed by atoms with Crippen molar-refractivity contribution in [1.29, 1.82) is 0 Å². The van der Waals surface area contributed by atoms with Gasteiger partial charge in [0, 0.05) is 17.8 Å². The lowest BCUT2D eigenvalue weighted by Gasteiger charge is -2.09. The molecule has 2 aliphatic carbocycles. The third-order valence-corrected chi connectivity index (χ3v) is 8.30. The fourth-order valence-corrected chi connectivity index (χ4v) is 6.55. The van der Waals surface area contributed by atoms with Gasteiger partial charge in [-0.25, -0.2) is 4.79 Å². The number of hydrogen-bond donors (Lipinski definition) is 1. The number of thiophene rings is 1. The Kier molecular flexibility index (Phi) is 7.32. The quantitative estimate of drug-likeness (QED) is 0.364. The minimum Gasteiger partial charge on any atom is -0.462 e. The van der Waals surface area contributed by atoms with Gasteiger partial charge in [-0.05, 0) is 51.0 Å². The maximum atomic E-state index is 12.7. The molecule has 1 N–H and O–H groups in total. The largest absolute Gasteiger partial charge is 0.462 e. The summed E-state index contributed by atoms with van der Waals surface area (Å²) in [6.45, 7) is 2.13. The van der Waals surface area contributed by atoms with Crippen molar-refractivity contribution in [2.75, 3.05) is 17.7 Å². The van der Waals surface area contributed by atoms with Crippen LogP contribution in [0.5, 0.6) is 0 Å². The number of esters is 1. The molecule has 168 valence electrons. The molecular formula is C22H30N4O3S2. The van der Waals surface area contributed by atoms with Gasteiger partial charge in [-0.1, -0.05) is 31.0 Å². The van der Waals surface area contributed by atoms with E-state index in [9.17, 15) is 9.59 Å². The minimum atomic E-state index is -0.334. The molecule has 0 spiro atoms. The number of nitrogens with one attached hydrogen (secondary N) is 1. The summed E-state index contributed by atoms with van der Waals surface area (Å²) in [7, 11) is 1.98. The van der Waals surface area contributed by atoms with Crippen LogP contribution in [0, 0.1) is 0 Å². The lowest BCUT2D eigenvalue weighted by atomic mass is 10.1. The number of carbonyl (C=O) groups is 2. The molecular weight excluding hydrogens is 432 g/mol. The molecule has 9 heteroatoms. The van der Waals surface area contributed by atoms with Crippen LogP contribution in [0.4, 0.5) is 5.00 Å². The zero-order valence-corrected chi connectivity index (χ0v) is 19.9. The van der Waals surface area contributed by atoms with Crippen LogP contribution in [0.2, 0.25) is 0 Å². The van der Waals surface area contributed by atoms with Crippen LogP contribution in [0.3, 0.4) is 0 Å². The number of rotatable bonds is 7. The summed E-state index contributed by atoms with van der Waals surface area (Å²) in [5.74, 6) is 1.25. The molecule has 0 bridgehead atoms. The van der Waals surface area contributed by atoms with E-state index in [0.29, 0.717) is 23.1 Å². The summed E-state index contributed by atoms with van der Waals surface area (Å²) in [5.41, 5.74) is 1.63. The average Bonchev–Trinajstić information content (AvgIpc) is 3.43. The van der Waals surface area contributed by atoms with Gasteiger partial charge in [0.15, 0.2) is 5.16 Å². The predicted octanol–water partition coefficient (Wildman–Crippen LogP) is 4.71. The third kappa shape index (κ3) is 4.98. The second-order valence-electron chi connectivity index (χ2n) is 8.21. The third-order valence-electron chi connectivity index (χ3n) is 6.08. The lowest BCUT2D eigenvalue weighted by molar-refractivity contribution is -0.113. The van der Waals surface area contributed by atoms with E-state index in [1.807, 2.05) is 11.6 Å². The van der Waals surface area contributed by atoms with Gasteiger partial charge in [0.05, 0.1) is 17.9 Å². The monoisotopic (exact) mass is 462 g/mol. The van der Waals surface area contributed by atoms with Crippen LogP contribution in [0.15, 0.2) is 5.16 Å². The summed E-state index contributed by atoms with van der Waals surface area (Å²) in [6, 6.07) is 0. The van der Waals surface area contributed by atoms with Crippen molar-refractivity contribution in [3.63, 3.8) is 0 Å². The maximum absolute atomic E-state index is 12.7. The van der Waals surface area contributed by atoms with Crippen molar-refractivity contribution >= 4 is 40.0 Å². The van der Waals surface area contributed by atoms with E-state index in [1.54, 1.807) is 6.92 Å². The Labute approximate surface area is 191 Å². The smallest absolute Gasteiger partial charge is 0.341 e. The van der Waals surface area contributed by atoms with E-state index in [0.717, 1.165) is 55.1 Å². The molecule has 0 radical (unpaired) electrons. The zero-order chi connectivity index (χ0) is 21.8. The molecule has 0 atom stereocenters. The van der Waals surface area contributed by atoms with E-state index >= 15 is 0 Å². The number of amides is 1. The normalized spacial score (nSPS) is 16.7. The molecule has 31 heavy (non-hydrogen) atoms. The number of aryl methyl sites for hydroxylation is 1. The van der Waals surface area contributed by atoms with Gasteiger partial charge < -0.3 is 14.6 Å². The molecule has 2 aliphatic rings. The number of hydrogen-bond acceptors (Lipinski definition) is 7. The summed E-state index contributed by atoms with van der Waals surface area (Å²) < 4.78 is 7.32. The van der Waals surface area contributed by atoms with Crippen LogP contribution >= 0.6 is 23.1 Å². The Hall–Kier alpha value is -1.87. The molecule has 1 fully saturated rings. The molecule has 4 rings (SSSR count). The summed E-state index contributed by atoms with van der Waals surface area (Å²) in [5, 5.41) is 13.0. The number of carbonyl (C=O) groups excluding carboxylic acids is 2. The Morgan fingerprint density at radius 1 is 1.16 bits per heavy atom. The van der Waals surface area contributed by atoms with E-state index in [4.69, 9.17) is 4.74 Å². The molecule has 2 aromatic rings. The van der Waals surface area contributed by atoms with Crippen molar-refractivity contribution in [3.8, 4) is 0 Å². The molecule has 0 saturated heterocycles. The van der Waals surface area contributed by atoms with Crippen molar-refractivity contribution in [3.05, 3.63) is 21.8 Å². The van der Waals surface area contributed by atoms with E-state index in [1.165, 1.54) is 47.2 Å². The van der Waals surface area contributed by atoms with Gasteiger partial charge in [-0.3, -0.25) is 4.79 Å². The van der Waals surface area contributed by atoms with Crippen LogP contribution in [0.25, 0.3) is 0 Å². The molecule has 0 unspecified atom stereocenters. The number of thioether (sulfide) groups is 1. The summed E-state index contributed by atoms with van der Waals surface area (Å²) in [4.78, 5) is 26.6. The molecule has 0 aromatic carbocycles. The second-order valence-corrected chi connectivity index (χ2v) is 10.3. The van der Waals surface area contributed by atoms with E-state index < -0.39 is 0 Å². The van der Waals surface area contributed by atoms with Crippen molar-refractivity contribution in [1.82, 2.24) is 14.8 Å². The van der Waals surface area contributed by atoms with Gasteiger partial charge in [0.2, 0.25) is 5.91 Å². The van der Waals surface area contributed by atoms with Gasteiger partial charge in [-0.2, -0.15) is 0 Å². The fourth-order valence-electron chi connectivity index (χ4n) is 4.53. The number of nitrogens with zero attached hydrogens (tertiary/aromatic N) is 3. The first-order chi connectivity index (χ1) is 15.1. The summed E-state index contributed by atoms with van der Waals surface area (Å²) >= 11 is 2.91. The Morgan fingerprint density at radius 3 is 2.71 bits per heavy atom. The van der Waals surface area contributed by atoms with Gasteiger partial charge in [0.25, 0.3) is 0 Å². The van der Waals surface area contributed by atoms with Crippen LogP contribution in [0.1, 0.15) is 84.4 Å². The molecule has 1 saturated carbocycles. The molecule has 2 aromatic heterocycles. The first-order valence-corrected chi connectivity index (χ1v) is 13.0. The molecule has 1 amide bonds. The molecule has 0 aliphatic heterocycles. The SMILES string of the molecule is CCOC(=O)c1c(NC(=O)CSc2nnc(C3CCCC3)n2C)sc2c1CCCCC2. The van der Waals surface area contributed by atoms with E-state index in [-0.39, 0.29) is 17.6 Å². The standard InChI is InChI=1S/C22H30N4O3S2/c1-3-29-21(28)18-15-11-5-4-6-12-16(15)31-20(18)23-17(27)13-30-22-25-24-19(26(22)2)14-9-7-8-10-14/h14H,3-13H2,1-2H3,(H,23,27). The predicted molar refractivity (Wildman–Crippen MR) is 123 cm³/mol. The molecule has 7 nitrogen and oxygen atoms in total. The van der Waals surface area contributed by atoms with Crippen molar-refractivity contribution in [2.24, 2.45) is 7.05 Å². The number of ether oxygens (including phenoxy) is 1. The topological polar surface area (TPSA) is 86.1 Å². The number of anilines is 1. The van der Waals surface area contributed by atoms with E-state index in [2.05, 4.69) is 15.5 Å². The zero-order valence-electron chi connectivity index (χ0n) is 18.2. The Balaban J connectivity index is 1.44. The highest BCUT2D eigenvalue weighted by atomic mass is 32.2. The first-order valence-electron chi connectivity index (χ1n) is 11.2. The second kappa shape index (κ2) is 10.2. The maximum Gasteiger partial charge on any atom is 0.341 e. The van der Waals surface area contributed by atoms with Crippen LogP contribution in [-0.2, 0) is 29.4 Å². The number of fused-ring (bicyclic) bond motifs is 1. The van der Waals surface area contributed by atoms with Gasteiger partial charge >= 0.3 is 5.97 Å². The minimum absolute atomic E-state index is 0.141. The highest BCUT2D eigenvalue weighted by Gasteiger charge is 2.27. The van der Waals surface area contributed by atoms with Crippen LogP contribution in [-0.4, -0.2) is 39.0 Å². The first kappa shape index (κ1) is 22.3. The lowest BCUT2D eigenvalue weighted by Crippen LogP contribution is -2.17. The Morgan fingerprint density at radius 2 is 1.94 bits per heavy atom. The van der Waals surface area contributed by atoms with Crippen molar-refractivity contribution in [2.45, 2.75) is 75.8 Å². The highest BCUT2D eigenvalue weighted by molar-refractivity contribution is 7.99. The number of aromatic nitrogens is 3. The summed E-state index contributed by atoms with van der Waals surface area (Å²) in [6.07, 6.45) is 10.00. The van der Waals surface area contributed by atoms with Crippen LogP contribution < -0.4 is 5.32 Å². The van der Waals surface area contributed by atoms with Crippen molar-refractivity contribution < 1.29 is 14.3 Å². The Bertz CT molecular complexity index is 947. The van der Waals surface area contributed by atoms with Gasteiger partial charge in [-0.15, -0.1) is 21.5 Å². The molecule has 2 heterocycles. The average molecular weight is 463 g/mol. The highest BCUT2D eigenvalue weighted by Crippen LogP contribution is 2.38. The fraction of sp³-hybridized carbons (Fsp3) is 0.636.